The largest absolute Gasteiger partial charge is 0.469 e. The van der Waals surface area contributed by atoms with Gasteiger partial charge in [-0.3, -0.25) is 4.79 Å². The highest BCUT2D eigenvalue weighted by Gasteiger charge is 2.20. The molecule has 6 heteroatoms. The maximum absolute atomic E-state index is 12.7. The summed E-state index contributed by atoms with van der Waals surface area (Å²) in [5, 5.41) is 0. The van der Waals surface area contributed by atoms with Crippen molar-refractivity contribution in [1.29, 1.82) is 0 Å². The molecule has 0 aromatic heterocycles. The van der Waals surface area contributed by atoms with Crippen molar-refractivity contribution in [2.45, 2.75) is 24.8 Å². The zero-order chi connectivity index (χ0) is 19.2. The maximum atomic E-state index is 12.7. The summed E-state index contributed by atoms with van der Waals surface area (Å²) in [7, 11) is -2.39. The van der Waals surface area contributed by atoms with Gasteiger partial charge in [-0.05, 0) is 31.5 Å². The second-order valence-electron chi connectivity index (χ2n) is 6.02. The number of aryl methyl sites for hydroxylation is 1. The minimum absolute atomic E-state index is 0.193. The molecular formula is C20H23NO4S. The average molecular weight is 373 g/mol. The number of rotatable bonds is 7. The lowest BCUT2D eigenvalue weighted by Gasteiger charge is -2.17. The monoisotopic (exact) mass is 373 g/mol. The number of sulfonamides is 1. The zero-order valence-electron chi connectivity index (χ0n) is 15.0. The number of nitrogens with one attached hydrogen (secondary N) is 1. The van der Waals surface area contributed by atoms with Crippen molar-refractivity contribution in [3.63, 3.8) is 0 Å². The third-order valence-corrected chi connectivity index (χ3v) is 5.39. The van der Waals surface area contributed by atoms with Gasteiger partial charge in [0.2, 0.25) is 10.0 Å². The summed E-state index contributed by atoms with van der Waals surface area (Å²) in [6.45, 7) is 3.59. The van der Waals surface area contributed by atoms with E-state index in [1.54, 1.807) is 43.3 Å². The predicted molar refractivity (Wildman–Crippen MR) is 101 cm³/mol. The van der Waals surface area contributed by atoms with Gasteiger partial charge in [-0.15, -0.1) is 0 Å². The minimum atomic E-state index is -3.72. The van der Waals surface area contributed by atoms with E-state index >= 15 is 0 Å². The van der Waals surface area contributed by atoms with E-state index in [1.165, 1.54) is 7.11 Å². The van der Waals surface area contributed by atoms with E-state index in [2.05, 4.69) is 4.72 Å². The Labute approximate surface area is 154 Å². The van der Waals surface area contributed by atoms with Crippen LogP contribution in [-0.4, -0.2) is 21.5 Å². The smallest absolute Gasteiger partial charge is 0.312 e. The summed E-state index contributed by atoms with van der Waals surface area (Å²) in [6.07, 6.45) is 3.31. The average Bonchev–Trinajstić information content (AvgIpc) is 2.65. The normalized spacial score (nSPS) is 14.1. The lowest BCUT2D eigenvalue weighted by Crippen LogP contribution is -2.28. The Balaban J connectivity index is 2.31. The van der Waals surface area contributed by atoms with Crippen LogP contribution in [0.2, 0.25) is 0 Å². The molecule has 2 aromatic rings. The van der Waals surface area contributed by atoms with Gasteiger partial charge < -0.3 is 4.74 Å². The number of esters is 1. The van der Waals surface area contributed by atoms with Gasteiger partial charge in [-0.25, -0.2) is 8.42 Å². The van der Waals surface area contributed by atoms with Crippen LogP contribution in [0.15, 0.2) is 71.6 Å². The standard InChI is InChI=1S/C20H23NO4S/c1-15-9-12-18(13-10-15)26(23,24)21-19(17-7-5-4-6-8-17)14-11-16(2)20(22)25-3/h4-14,16,19,21H,1-3H3/b14-11+/t16-,19+/m0/s1. The third-order valence-electron chi connectivity index (χ3n) is 3.94. The number of hydrogen-bond donors (Lipinski definition) is 1. The molecule has 2 aromatic carbocycles. The van der Waals surface area contributed by atoms with Crippen LogP contribution in [0.5, 0.6) is 0 Å². The lowest BCUT2D eigenvalue weighted by atomic mass is 10.0. The van der Waals surface area contributed by atoms with Crippen molar-refractivity contribution in [3.8, 4) is 0 Å². The van der Waals surface area contributed by atoms with Crippen LogP contribution in [0.25, 0.3) is 0 Å². The molecule has 2 atom stereocenters. The predicted octanol–water partition coefficient (Wildman–Crippen LogP) is 3.38. The SMILES string of the molecule is COC(=O)[C@@H](C)/C=C/[C@@H](NS(=O)(=O)c1ccc(C)cc1)c1ccccc1. The molecule has 0 saturated carbocycles. The highest BCUT2D eigenvalue weighted by molar-refractivity contribution is 7.89. The Bertz CT molecular complexity index is 858. The van der Waals surface area contributed by atoms with Crippen LogP contribution in [0.1, 0.15) is 24.1 Å². The van der Waals surface area contributed by atoms with Crippen molar-refractivity contribution < 1.29 is 17.9 Å². The molecule has 0 aliphatic heterocycles. The molecule has 0 saturated heterocycles. The number of benzene rings is 2. The van der Waals surface area contributed by atoms with Gasteiger partial charge in [0.15, 0.2) is 0 Å². The number of hydrogen-bond acceptors (Lipinski definition) is 4. The Hall–Kier alpha value is -2.44. The van der Waals surface area contributed by atoms with E-state index in [-0.39, 0.29) is 10.9 Å². The molecular weight excluding hydrogens is 350 g/mol. The Morgan fingerprint density at radius 1 is 1.04 bits per heavy atom. The zero-order valence-corrected chi connectivity index (χ0v) is 15.9. The van der Waals surface area contributed by atoms with Crippen molar-refractivity contribution in [1.82, 2.24) is 4.72 Å². The van der Waals surface area contributed by atoms with E-state index in [0.29, 0.717) is 0 Å². The van der Waals surface area contributed by atoms with Crippen LogP contribution < -0.4 is 4.72 Å². The van der Waals surface area contributed by atoms with E-state index in [9.17, 15) is 13.2 Å². The summed E-state index contributed by atoms with van der Waals surface area (Å²) in [6, 6.07) is 15.2. The molecule has 1 N–H and O–H groups in total. The molecule has 2 rings (SSSR count). The molecule has 0 aliphatic carbocycles. The summed E-state index contributed by atoms with van der Waals surface area (Å²) >= 11 is 0. The van der Waals surface area contributed by atoms with E-state index in [0.717, 1.165) is 11.1 Å². The fourth-order valence-corrected chi connectivity index (χ4v) is 3.55. The van der Waals surface area contributed by atoms with Crippen molar-refractivity contribution in [2.75, 3.05) is 7.11 Å². The number of carbonyl (C=O) groups is 1. The first-order chi connectivity index (χ1) is 12.3. The van der Waals surface area contributed by atoms with Gasteiger partial charge in [0.05, 0.1) is 24.0 Å². The third kappa shape index (κ3) is 5.28. The molecule has 26 heavy (non-hydrogen) atoms. The van der Waals surface area contributed by atoms with Gasteiger partial charge >= 0.3 is 5.97 Å². The second kappa shape index (κ2) is 8.78. The number of carbonyl (C=O) groups excluding carboxylic acids is 1. The molecule has 0 radical (unpaired) electrons. The molecule has 5 nitrogen and oxygen atoms in total. The number of methoxy groups -OCH3 is 1. The first-order valence-corrected chi connectivity index (χ1v) is 9.72. The Morgan fingerprint density at radius 3 is 2.23 bits per heavy atom. The second-order valence-corrected chi connectivity index (χ2v) is 7.73. The highest BCUT2D eigenvalue weighted by atomic mass is 32.2. The van der Waals surface area contributed by atoms with Crippen LogP contribution in [0.4, 0.5) is 0 Å². The van der Waals surface area contributed by atoms with Crippen LogP contribution in [0.3, 0.4) is 0 Å². The summed E-state index contributed by atoms with van der Waals surface area (Å²) in [4.78, 5) is 11.8. The quantitative estimate of drug-likeness (QED) is 0.596. The highest BCUT2D eigenvalue weighted by Crippen LogP contribution is 2.20. The minimum Gasteiger partial charge on any atom is -0.469 e. The summed E-state index contributed by atoms with van der Waals surface area (Å²) < 4.78 is 32.8. The van der Waals surface area contributed by atoms with Crippen molar-refractivity contribution in [3.05, 3.63) is 77.9 Å². The molecule has 0 fully saturated rings. The first kappa shape index (κ1) is 19.9. The molecule has 0 bridgehead atoms. The fourth-order valence-electron chi connectivity index (χ4n) is 2.37. The Kier molecular flexibility index (Phi) is 6.71. The van der Waals surface area contributed by atoms with Crippen LogP contribution >= 0.6 is 0 Å². The molecule has 0 spiro atoms. The molecule has 0 amide bonds. The van der Waals surface area contributed by atoms with Gasteiger partial charge in [-0.1, -0.05) is 60.2 Å². The van der Waals surface area contributed by atoms with Crippen LogP contribution in [-0.2, 0) is 19.6 Å². The van der Waals surface area contributed by atoms with Crippen molar-refractivity contribution in [2.24, 2.45) is 5.92 Å². The fraction of sp³-hybridized carbons (Fsp3) is 0.250. The lowest BCUT2D eigenvalue weighted by molar-refractivity contribution is -0.143. The van der Waals surface area contributed by atoms with E-state index in [1.807, 2.05) is 37.3 Å². The molecule has 0 aliphatic rings. The van der Waals surface area contributed by atoms with Crippen LogP contribution in [0, 0.1) is 12.8 Å². The first-order valence-electron chi connectivity index (χ1n) is 8.23. The summed E-state index contributed by atoms with van der Waals surface area (Å²) in [5.74, 6) is -0.857. The van der Waals surface area contributed by atoms with E-state index in [4.69, 9.17) is 4.74 Å². The van der Waals surface area contributed by atoms with Gasteiger partial charge in [0.25, 0.3) is 0 Å². The van der Waals surface area contributed by atoms with Gasteiger partial charge in [0.1, 0.15) is 0 Å². The van der Waals surface area contributed by atoms with E-state index < -0.39 is 22.0 Å². The summed E-state index contributed by atoms with van der Waals surface area (Å²) in [5.41, 5.74) is 1.76. The topological polar surface area (TPSA) is 72.5 Å². The van der Waals surface area contributed by atoms with Gasteiger partial charge in [-0.2, -0.15) is 4.72 Å². The van der Waals surface area contributed by atoms with Gasteiger partial charge in [0, 0.05) is 0 Å². The maximum Gasteiger partial charge on any atom is 0.312 e. The van der Waals surface area contributed by atoms with Crippen molar-refractivity contribution >= 4 is 16.0 Å². The molecule has 0 unspecified atom stereocenters. The number of ether oxygens (including phenoxy) is 1. The Morgan fingerprint density at radius 2 is 1.65 bits per heavy atom. The molecule has 138 valence electrons. The molecule has 0 heterocycles.